The molecule has 2 aromatic rings. The number of nitro benzene ring substituents is 1. The van der Waals surface area contributed by atoms with E-state index in [1.807, 2.05) is 0 Å². The summed E-state index contributed by atoms with van der Waals surface area (Å²) in [7, 11) is 0. The standard InChI is InChI=1S/C15H12ClN3O4/c1-9-5-6-10(16)7-13(9)18-15(21)14(20)17-11-3-2-4-12(8-11)19(22)23/h2-8H,1H3,(H,17,20)(H,18,21). The molecular formula is C15H12ClN3O4. The van der Waals surface area contributed by atoms with Gasteiger partial charge in [-0.3, -0.25) is 19.7 Å². The van der Waals surface area contributed by atoms with Gasteiger partial charge in [-0.15, -0.1) is 0 Å². The van der Waals surface area contributed by atoms with Crippen molar-refractivity contribution in [3.63, 3.8) is 0 Å². The first-order valence-electron chi connectivity index (χ1n) is 6.50. The molecule has 0 heterocycles. The highest BCUT2D eigenvalue weighted by molar-refractivity contribution is 6.43. The first-order chi connectivity index (χ1) is 10.9. The van der Waals surface area contributed by atoms with Crippen LogP contribution in [-0.4, -0.2) is 16.7 Å². The quantitative estimate of drug-likeness (QED) is 0.511. The minimum Gasteiger partial charge on any atom is -0.318 e. The lowest BCUT2D eigenvalue weighted by Crippen LogP contribution is -2.29. The van der Waals surface area contributed by atoms with Crippen molar-refractivity contribution in [2.24, 2.45) is 0 Å². The number of benzene rings is 2. The summed E-state index contributed by atoms with van der Waals surface area (Å²) in [6, 6.07) is 10.2. The molecule has 0 saturated carbocycles. The number of non-ortho nitro benzene ring substituents is 1. The Morgan fingerprint density at radius 3 is 2.48 bits per heavy atom. The Morgan fingerprint density at radius 1 is 1.09 bits per heavy atom. The summed E-state index contributed by atoms with van der Waals surface area (Å²) >= 11 is 5.84. The molecule has 0 aliphatic heterocycles. The van der Waals surface area contributed by atoms with Crippen LogP contribution in [0.3, 0.4) is 0 Å². The average molecular weight is 334 g/mol. The number of nitro groups is 1. The molecule has 0 radical (unpaired) electrons. The topological polar surface area (TPSA) is 101 Å². The van der Waals surface area contributed by atoms with Crippen LogP contribution >= 0.6 is 11.6 Å². The molecule has 0 unspecified atom stereocenters. The Labute approximate surface area is 136 Å². The highest BCUT2D eigenvalue weighted by Gasteiger charge is 2.16. The van der Waals surface area contributed by atoms with Gasteiger partial charge in [-0.2, -0.15) is 0 Å². The predicted molar refractivity (Wildman–Crippen MR) is 86.5 cm³/mol. The first kappa shape index (κ1) is 16.4. The summed E-state index contributed by atoms with van der Waals surface area (Å²) in [5, 5.41) is 15.8. The van der Waals surface area contributed by atoms with E-state index < -0.39 is 16.7 Å². The van der Waals surface area contributed by atoms with Gasteiger partial charge in [0.2, 0.25) is 0 Å². The molecule has 0 saturated heterocycles. The van der Waals surface area contributed by atoms with Gasteiger partial charge in [-0.25, -0.2) is 0 Å². The zero-order chi connectivity index (χ0) is 17.0. The average Bonchev–Trinajstić information content (AvgIpc) is 2.51. The SMILES string of the molecule is Cc1ccc(Cl)cc1NC(=O)C(=O)Nc1cccc([N+](=O)[O-])c1. The molecule has 0 spiro atoms. The third kappa shape index (κ3) is 4.27. The second-order valence-corrected chi connectivity index (χ2v) is 5.11. The van der Waals surface area contributed by atoms with Crippen molar-refractivity contribution in [3.05, 3.63) is 63.2 Å². The fraction of sp³-hybridized carbons (Fsp3) is 0.0667. The third-order valence-corrected chi connectivity index (χ3v) is 3.20. The number of hydrogen-bond acceptors (Lipinski definition) is 4. The summed E-state index contributed by atoms with van der Waals surface area (Å²) in [5.74, 6) is -1.84. The highest BCUT2D eigenvalue weighted by atomic mass is 35.5. The summed E-state index contributed by atoms with van der Waals surface area (Å²) in [4.78, 5) is 33.9. The normalized spacial score (nSPS) is 10.0. The van der Waals surface area contributed by atoms with Crippen LogP contribution in [0.2, 0.25) is 5.02 Å². The highest BCUT2D eigenvalue weighted by Crippen LogP contribution is 2.20. The van der Waals surface area contributed by atoms with Crippen LogP contribution in [-0.2, 0) is 9.59 Å². The summed E-state index contributed by atoms with van der Waals surface area (Å²) in [5.41, 5.74) is 1.12. The second-order valence-electron chi connectivity index (χ2n) is 4.67. The zero-order valence-electron chi connectivity index (χ0n) is 12.0. The summed E-state index contributed by atoms with van der Waals surface area (Å²) in [6.45, 7) is 1.75. The van der Waals surface area contributed by atoms with Crippen molar-refractivity contribution >= 4 is 40.5 Å². The van der Waals surface area contributed by atoms with Crippen LogP contribution in [0.1, 0.15) is 5.56 Å². The van der Waals surface area contributed by atoms with Gasteiger partial charge in [0.1, 0.15) is 0 Å². The Morgan fingerprint density at radius 2 is 1.78 bits per heavy atom. The summed E-state index contributed by atoms with van der Waals surface area (Å²) in [6.07, 6.45) is 0. The smallest absolute Gasteiger partial charge is 0.314 e. The molecule has 0 bridgehead atoms. The molecule has 23 heavy (non-hydrogen) atoms. The fourth-order valence-electron chi connectivity index (χ4n) is 1.79. The molecule has 2 aromatic carbocycles. The molecule has 118 valence electrons. The Kier molecular flexibility index (Phi) is 4.92. The Bertz CT molecular complexity index is 792. The van der Waals surface area contributed by atoms with E-state index in [4.69, 9.17) is 11.6 Å². The van der Waals surface area contributed by atoms with Crippen LogP contribution in [0, 0.1) is 17.0 Å². The number of rotatable bonds is 3. The van der Waals surface area contributed by atoms with Gasteiger partial charge in [0.15, 0.2) is 0 Å². The van der Waals surface area contributed by atoms with Gasteiger partial charge < -0.3 is 10.6 Å². The van der Waals surface area contributed by atoms with E-state index in [2.05, 4.69) is 10.6 Å². The van der Waals surface area contributed by atoms with Crippen molar-refractivity contribution in [3.8, 4) is 0 Å². The number of nitrogens with one attached hydrogen (secondary N) is 2. The van der Waals surface area contributed by atoms with Crippen molar-refractivity contribution in [1.82, 2.24) is 0 Å². The lowest BCUT2D eigenvalue weighted by Gasteiger charge is -2.09. The van der Waals surface area contributed by atoms with Gasteiger partial charge >= 0.3 is 11.8 Å². The lowest BCUT2D eigenvalue weighted by atomic mass is 10.2. The number of carbonyl (C=O) groups is 2. The van der Waals surface area contributed by atoms with E-state index in [9.17, 15) is 19.7 Å². The second kappa shape index (κ2) is 6.89. The largest absolute Gasteiger partial charge is 0.318 e. The molecule has 2 amide bonds. The molecule has 7 nitrogen and oxygen atoms in total. The monoisotopic (exact) mass is 333 g/mol. The van der Waals surface area contributed by atoms with E-state index in [-0.39, 0.29) is 11.4 Å². The zero-order valence-corrected chi connectivity index (χ0v) is 12.8. The van der Waals surface area contributed by atoms with Crippen molar-refractivity contribution in [2.45, 2.75) is 6.92 Å². The number of hydrogen-bond donors (Lipinski definition) is 2. The van der Waals surface area contributed by atoms with Crippen molar-refractivity contribution < 1.29 is 14.5 Å². The maximum atomic E-state index is 11.9. The van der Waals surface area contributed by atoms with E-state index >= 15 is 0 Å². The van der Waals surface area contributed by atoms with Crippen LogP contribution in [0.25, 0.3) is 0 Å². The lowest BCUT2D eigenvalue weighted by molar-refractivity contribution is -0.384. The van der Waals surface area contributed by atoms with Crippen LogP contribution in [0.4, 0.5) is 17.1 Å². The number of halogens is 1. The van der Waals surface area contributed by atoms with Gasteiger partial charge in [0.05, 0.1) is 4.92 Å². The first-order valence-corrected chi connectivity index (χ1v) is 6.87. The van der Waals surface area contributed by atoms with Crippen molar-refractivity contribution in [1.29, 1.82) is 0 Å². The Hall–Kier alpha value is -2.93. The molecule has 0 aliphatic carbocycles. The molecule has 0 aliphatic rings. The van der Waals surface area contributed by atoms with Gasteiger partial charge in [0, 0.05) is 28.5 Å². The van der Waals surface area contributed by atoms with E-state index in [1.165, 1.54) is 24.3 Å². The van der Waals surface area contributed by atoms with E-state index in [0.29, 0.717) is 10.7 Å². The van der Waals surface area contributed by atoms with Crippen LogP contribution in [0.5, 0.6) is 0 Å². The minimum absolute atomic E-state index is 0.155. The van der Waals surface area contributed by atoms with E-state index in [1.54, 1.807) is 19.1 Å². The Balaban J connectivity index is 2.08. The van der Waals surface area contributed by atoms with Crippen LogP contribution < -0.4 is 10.6 Å². The number of nitrogens with zero attached hydrogens (tertiary/aromatic N) is 1. The van der Waals surface area contributed by atoms with Crippen molar-refractivity contribution in [2.75, 3.05) is 10.6 Å². The molecule has 2 rings (SSSR count). The molecular weight excluding hydrogens is 322 g/mol. The number of anilines is 2. The maximum Gasteiger partial charge on any atom is 0.314 e. The molecule has 0 atom stereocenters. The minimum atomic E-state index is -0.940. The molecule has 0 aromatic heterocycles. The maximum absolute atomic E-state index is 11.9. The number of amides is 2. The molecule has 0 fully saturated rings. The van der Waals surface area contributed by atoms with Gasteiger partial charge in [0.25, 0.3) is 5.69 Å². The van der Waals surface area contributed by atoms with Gasteiger partial charge in [-0.1, -0.05) is 23.7 Å². The fourth-order valence-corrected chi connectivity index (χ4v) is 1.97. The molecule has 2 N–H and O–H groups in total. The van der Waals surface area contributed by atoms with E-state index in [0.717, 1.165) is 11.6 Å². The van der Waals surface area contributed by atoms with Gasteiger partial charge in [-0.05, 0) is 30.7 Å². The van der Waals surface area contributed by atoms with Crippen LogP contribution in [0.15, 0.2) is 42.5 Å². The number of carbonyl (C=O) groups excluding carboxylic acids is 2. The number of aryl methyl sites for hydroxylation is 1. The third-order valence-electron chi connectivity index (χ3n) is 2.97. The predicted octanol–water partition coefficient (Wildman–Crippen LogP) is 3.13. The summed E-state index contributed by atoms with van der Waals surface area (Å²) < 4.78 is 0. The molecule has 8 heteroatoms.